The quantitative estimate of drug-likeness (QED) is 0.495. The molecule has 0 aliphatic carbocycles. The molecule has 30 heavy (non-hydrogen) atoms. The van der Waals surface area contributed by atoms with Crippen molar-refractivity contribution in [1.29, 1.82) is 0 Å². The van der Waals surface area contributed by atoms with Gasteiger partial charge in [-0.3, -0.25) is 4.79 Å². The Labute approximate surface area is 179 Å². The summed E-state index contributed by atoms with van der Waals surface area (Å²) in [7, 11) is 0. The molecule has 0 radical (unpaired) electrons. The number of rotatable bonds is 10. The van der Waals surface area contributed by atoms with Crippen LogP contribution in [-0.2, 0) is 20.9 Å². The largest absolute Gasteiger partial charge is 0.446 e. The molecule has 1 aliphatic rings. The lowest BCUT2D eigenvalue weighted by Gasteiger charge is -2.23. The van der Waals surface area contributed by atoms with Crippen LogP contribution in [0, 0.1) is 11.8 Å². The Morgan fingerprint density at radius 3 is 2.43 bits per heavy atom. The second-order valence-electron chi connectivity index (χ2n) is 8.24. The molecule has 1 fully saturated rings. The number of hydrogen-bond donors (Lipinski definition) is 0. The number of hydrogen-bond acceptors (Lipinski definition) is 4. The van der Waals surface area contributed by atoms with Gasteiger partial charge >= 0.3 is 6.09 Å². The Balaban J connectivity index is 1.42. The number of benzene rings is 2. The molecule has 1 heterocycles. The molecule has 3 atom stereocenters. The summed E-state index contributed by atoms with van der Waals surface area (Å²) in [5.41, 5.74) is 2.10. The molecule has 5 nitrogen and oxygen atoms in total. The van der Waals surface area contributed by atoms with Crippen LogP contribution >= 0.6 is 0 Å². The standard InChI is InChI=1S/C25H31NO4/c1-19(13-14-29-17-21-9-5-3-6-10-21)15-20(2)16-24(27)26-23(18-30-25(26)28)22-11-7-4-8-12-22/h3-12,19-20,23H,13-18H2,1-2H3/t19-,20+,23-/m1/s1. The van der Waals surface area contributed by atoms with E-state index in [1.54, 1.807) is 0 Å². The summed E-state index contributed by atoms with van der Waals surface area (Å²) in [4.78, 5) is 26.3. The number of carbonyl (C=O) groups excluding carboxylic acids is 2. The van der Waals surface area contributed by atoms with E-state index in [0.717, 1.165) is 18.4 Å². The van der Waals surface area contributed by atoms with Crippen molar-refractivity contribution in [1.82, 2.24) is 4.90 Å². The maximum atomic E-state index is 12.8. The van der Waals surface area contributed by atoms with Crippen LogP contribution in [0.2, 0.25) is 0 Å². The number of cyclic esters (lactones) is 1. The maximum Gasteiger partial charge on any atom is 0.417 e. The molecule has 0 bridgehead atoms. The van der Waals surface area contributed by atoms with E-state index in [2.05, 4.69) is 26.0 Å². The van der Waals surface area contributed by atoms with Crippen LogP contribution in [0.1, 0.15) is 50.3 Å². The van der Waals surface area contributed by atoms with Gasteiger partial charge in [0.2, 0.25) is 5.91 Å². The van der Waals surface area contributed by atoms with Crippen molar-refractivity contribution in [3.8, 4) is 0 Å². The summed E-state index contributed by atoms with van der Waals surface area (Å²) < 4.78 is 10.9. The summed E-state index contributed by atoms with van der Waals surface area (Å²) >= 11 is 0. The first kappa shape index (κ1) is 22.0. The van der Waals surface area contributed by atoms with Crippen molar-refractivity contribution < 1.29 is 19.1 Å². The van der Waals surface area contributed by atoms with E-state index in [9.17, 15) is 9.59 Å². The lowest BCUT2D eigenvalue weighted by Crippen LogP contribution is -2.35. The SMILES string of the molecule is C[C@H](CCOCc1ccccc1)C[C@H](C)CC(=O)N1C(=O)OC[C@@H]1c1ccccc1. The van der Waals surface area contributed by atoms with E-state index in [1.807, 2.05) is 48.5 Å². The normalized spacial score (nSPS) is 18.1. The molecule has 0 aromatic heterocycles. The number of carbonyl (C=O) groups is 2. The second kappa shape index (κ2) is 10.9. The van der Waals surface area contributed by atoms with Crippen molar-refractivity contribution >= 4 is 12.0 Å². The maximum absolute atomic E-state index is 12.8. The van der Waals surface area contributed by atoms with Gasteiger partial charge in [0, 0.05) is 13.0 Å². The van der Waals surface area contributed by atoms with Gasteiger partial charge in [-0.15, -0.1) is 0 Å². The monoisotopic (exact) mass is 409 g/mol. The Bertz CT molecular complexity index is 808. The third kappa shape index (κ3) is 6.17. The number of amides is 2. The van der Waals surface area contributed by atoms with Crippen LogP contribution in [0.25, 0.3) is 0 Å². The van der Waals surface area contributed by atoms with Crippen molar-refractivity contribution in [3.63, 3.8) is 0 Å². The molecular weight excluding hydrogens is 378 g/mol. The van der Waals surface area contributed by atoms with Gasteiger partial charge in [-0.1, -0.05) is 74.5 Å². The fourth-order valence-corrected chi connectivity index (χ4v) is 3.95. The Kier molecular flexibility index (Phi) is 8.03. The first-order valence-electron chi connectivity index (χ1n) is 10.7. The van der Waals surface area contributed by atoms with E-state index < -0.39 is 6.09 Å². The topological polar surface area (TPSA) is 55.8 Å². The van der Waals surface area contributed by atoms with Crippen LogP contribution in [0.5, 0.6) is 0 Å². The van der Waals surface area contributed by atoms with Gasteiger partial charge in [0.1, 0.15) is 12.6 Å². The average molecular weight is 410 g/mol. The zero-order chi connectivity index (χ0) is 21.3. The fourth-order valence-electron chi connectivity index (χ4n) is 3.95. The van der Waals surface area contributed by atoms with Gasteiger partial charge in [0.15, 0.2) is 0 Å². The molecule has 0 N–H and O–H groups in total. The number of ether oxygens (including phenoxy) is 2. The average Bonchev–Trinajstić information content (AvgIpc) is 3.14. The third-order valence-electron chi connectivity index (χ3n) is 5.52. The van der Waals surface area contributed by atoms with E-state index in [-0.39, 0.29) is 24.5 Å². The molecule has 2 amide bonds. The van der Waals surface area contributed by atoms with Crippen molar-refractivity contribution in [2.24, 2.45) is 11.8 Å². The Morgan fingerprint density at radius 2 is 1.73 bits per heavy atom. The van der Waals surface area contributed by atoms with Crippen LogP contribution in [0.4, 0.5) is 4.79 Å². The summed E-state index contributed by atoms with van der Waals surface area (Å²) in [6, 6.07) is 19.4. The highest BCUT2D eigenvalue weighted by Crippen LogP contribution is 2.29. The number of imide groups is 1. The fraction of sp³-hybridized carbons (Fsp3) is 0.440. The predicted molar refractivity (Wildman–Crippen MR) is 116 cm³/mol. The van der Waals surface area contributed by atoms with Gasteiger partial charge < -0.3 is 9.47 Å². The molecule has 0 unspecified atom stereocenters. The lowest BCUT2D eigenvalue weighted by molar-refractivity contribution is -0.130. The van der Waals surface area contributed by atoms with Crippen molar-refractivity contribution in [2.45, 2.75) is 45.8 Å². The van der Waals surface area contributed by atoms with Crippen molar-refractivity contribution in [2.75, 3.05) is 13.2 Å². The molecule has 2 aromatic carbocycles. The van der Waals surface area contributed by atoms with Gasteiger partial charge in [0.25, 0.3) is 0 Å². The smallest absolute Gasteiger partial charge is 0.417 e. The molecule has 160 valence electrons. The minimum absolute atomic E-state index is 0.161. The zero-order valence-electron chi connectivity index (χ0n) is 17.8. The van der Waals surface area contributed by atoms with E-state index >= 15 is 0 Å². The Morgan fingerprint density at radius 1 is 1.07 bits per heavy atom. The Hall–Kier alpha value is -2.66. The van der Waals surface area contributed by atoms with Gasteiger partial charge in [-0.2, -0.15) is 0 Å². The summed E-state index contributed by atoms with van der Waals surface area (Å²) in [6.45, 7) is 5.80. The number of nitrogens with zero attached hydrogens (tertiary/aromatic N) is 1. The summed E-state index contributed by atoms with van der Waals surface area (Å²) in [6.07, 6.45) is 1.67. The first-order chi connectivity index (χ1) is 14.5. The van der Waals surface area contributed by atoms with E-state index in [1.165, 1.54) is 10.5 Å². The lowest BCUT2D eigenvalue weighted by atomic mass is 9.92. The third-order valence-corrected chi connectivity index (χ3v) is 5.52. The zero-order valence-corrected chi connectivity index (χ0v) is 17.8. The molecular formula is C25H31NO4. The molecule has 3 rings (SSSR count). The molecule has 2 aromatic rings. The second-order valence-corrected chi connectivity index (χ2v) is 8.24. The van der Waals surface area contributed by atoms with Crippen molar-refractivity contribution in [3.05, 3.63) is 71.8 Å². The summed E-state index contributed by atoms with van der Waals surface area (Å²) in [5.74, 6) is 0.469. The summed E-state index contributed by atoms with van der Waals surface area (Å²) in [5, 5.41) is 0. The van der Waals surface area contributed by atoms with Gasteiger partial charge in [-0.05, 0) is 35.8 Å². The van der Waals surface area contributed by atoms with E-state index in [4.69, 9.17) is 9.47 Å². The van der Waals surface area contributed by atoms with Crippen LogP contribution in [0.15, 0.2) is 60.7 Å². The van der Waals surface area contributed by atoms with Crippen LogP contribution in [0.3, 0.4) is 0 Å². The predicted octanol–water partition coefficient (Wildman–Crippen LogP) is 5.37. The first-order valence-corrected chi connectivity index (χ1v) is 10.7. The highest BCUT2D eigenvalue weighted by molar-refractivity contribution is 5.93. The minimum Gasteiger partial charge on any atom is -0.446 e. The minimum atomic E-state index is -0.539. The highest BCUT2D eigenvalue weighted by atomic mass is 16.6. The molecule has 1 saturated heterocycles. The molecule has 1 aliphatic heterocycles. The van der Waals surface area contributed by atoms with Gasteiger partial charge in [-0.25, -0.2) is 9.69 Å². The van der Waals surface area contributed by atoms with Crippen LogP contribution < -0.4 is 0 Å². The molecule has 0 spiro atoms. The molecule has 5 heteroatoms. The van der Waals surface area contributed by atoms with Gasteiger partial charge in [0.05, 0.1) is 6.61 Å². The van der Waals surface area contributed by atoms with E-state index in [0.29, 0.717) is 25.6 Å². The highest BCUT2D eigenvalue weighted by Gasteiger charge is 2.38. The van der Waals surface area contributed by atoms with Crippen LogP contribution in [-0.4, -0.2) is 30.1 Å². The molecule has 0 saturated carbocycles.